The van der Waals surface area contributed by atoms with Gasteiger partial charge in [0, 0.05) is 78.4 Å². The Labute approximate surface area is 410 Å². The van der Waals surface area contributed by atoms with Gasteiger partial charge in [0.1, 0.15) is 11.5 Å². The first-order chi connectivity index (χ1) is 31.6. The van der Waals surface area contributed by atoms with Crippen molar-refractivity contribution in [1.82, 2.24) is 14.8 Å². The highest BCUT2D eigenvalue weighted by Crippen LogP contribution is 2.43. The van der Waals surface area contributed by atoms with Crippen molar-refractivity contribution >= 4 is 57.0 Å². The highest BCUT2D eigenvalue weighted by molar-refractivity contribution is 9.09. The number of aliphatic hydroxyl groups is 1. The van der Waals surface area contributed by atoms with Crippen LogP contribution in [0.1, 0.15) is 139 Å². The van der Waals surface area contributed by atoms with Crippen molar-refractivity contribution in [3.63, 3.8) is 0 Å². The molecule has 3 aromatic rings. The molecule has 2 N–H and O–H groups in total. The molecule has 3 saturated heterocycles. The number of carboxylic acids is 1. The van der Waals surface area contributed by atoms with Gasteiger partial charge in [0.25, 0.3) is 11.8 Å². The number of aliphatic carboxylic acids is 1. The minimum Gasteiger partial charge on any atom is -0.490 e. The first kappa shape index (κ1) is 57.6. The molecule has 3 aliphatic rings. The third-order valence-corrected chi connectivity index (χ3v) is 13.1. The number of aryl methyl sites for hydroxylation is 1. The van der Waals surface area contributed by atoms with E-state index in [0.717, 1.165) is 36.2 Å². The minimum atomic E-state index is -4.79. The number of benzene rings is 1. The number of halogens is 4. The van der Waals surface area contributed by atoms with Gasteiger partial charge in [-0.2, -0.15) is 13.2 Å². The van der Waals surface area contributed by atoms with Crippen LogP contribution < -0.4 is 9.47 Å². The zero-order valence-electron chi connectivity index (χ0n) is 38.9. The van der Waals surface area contributed by atoms with Gasteiger partial charge in [0.05, 0.1) is 42.1 Å². The molecule has 0 bridgehead atoms. The molecule has 0 saturated carbocycles. The fourth-order valence-electron chi connectivity index (χ4n) is 8.31. The summed E-state index contributed by atoms with van der Waals surface area (Å²) in [6.07, 6.45) is 1.65. The SMILES string of the molecule is C.CC1CCC(=O)O1.CCC[C@H]1N(C(=O)c2cnccc2C(F)(F)F)CCC[C@@]1(Oc1csc(C)c1)C(=O)N1CCC(O)(c2ccccc2OC(C)CCC(=O)O)CC1.COC(=O)CCC(C)Br. The number of methoxy groups -OCH3 is 1. The average Bonchev–Trinajstić information content (AvgIpc) is 3.89. The van der Waals surface area contributed by atoms with Crippen LogP contribution in [0.4, 0.5) is 13.2 Å². The molecular weight excluding hydrogens is 976 g/mol. The molecule has 0 aliphatic carbocycles. The van der Waals surface area contributed by atoms with Crippen molar-refractivity contribution in [2.45, 2.75) is 160 Å². The van der Waals surface area contributed by atoms with Gasteiger partial charge >= 0.3 is 24.1 Å². The summed E-state index contributed by atoms with van der Waals surface area (Å²) in [5.74, 6) is -1.50. The normalized spacial score (nSPS) is 20.7. The predicted molar refractivity (Wildman–Crippen MR) is 255 cm³/mol. The number of thiophene rings is 1. The number of carbonyl (C=O) groups excluding carboxylic acids is 4. The number of ether oxygens (including phenoxy) is 4. The Kier molecular flexibility index (Phi) is 22.3. The van der Waals surface area contributed by atoms with E-state index in [1.54, 1.807) is 47.5 Å². The Morgan fingerprint density at radius 3 is 2.29 bits per heavy atom. The predicted octanol–water partition coefficient (Wildman–Crippen LogP) is 9.91. The Hall–Kier alpha value is -4.75. The molecule has 378 valence electrons. The smallest absolute Gasteiger partial charge is 0.417 e. The summed E-state index contributed by atoms with van der Waals surface area (Å²) in [5, 5.41) is 22.8. The van der Waals surface area contributed by atoms with E-state index in [-0.39, 0.29) is 77.2 Å². The molecule has 3 aliphatic heterocycles. The Morgan fingerprint density at radius 2 is 1.75 bits per heavy atom. The van der Waals surface area contributed by atoms with Crippen LogP contribution in [0.15, 0.2) is 54.2 Å². The van der Waals surface area contributed by atoms with Gasteiger partial charge in [0.2, 0.25) is 5.60 Å². The molecule has 0 spiro atoms. The quantitative estimate of drug-likeness (QED) is 0.109. The molecule has 1 aromatic carbocycles. The van der Waals surface area contributed by atoms with Crippen molar-refractivity contribution < 1.29 is 66.3 Å². The Bertz CT molecular complexity index is 2130. The van der Waals surface area contributed by atoms with Crippen LogP contribution in [-0.2, 0) is 40.4 Å². The lowest BCUT2D eigenvalue weighted by Crippen LogP contribution is -2.68. The van der Waals surface area contributed by atoms with Crippen LogP contribution in [-0.4, -0.2) is 110 Å². The maximum atomic E-state index is 14.9. The average molecular weight is 1040 g/mol. The fourth-order valence-corrected chi connectivity index (χ4v) is 9.14. The first-order valence-electron chi connectivity index (χ1n) is 22.6. The van der Waals surface area contributed by atoms with E-state index in [0.29, 0.717) is 54.0 Å². The second-order valence-corrected chi connectivity index (χ2v) is 19.8. The number of pyridine rings is 1. The number of para-hydroxylation sites is 1. The number of esters is 2. The standard InChI is InChI=1S/C37H44F3N3O7S.C6H11BrO2.C5H8O2.CH4/c1-4-8-31-36(50-26-21-25(3)51-23-26,14-7-18-43(31)33(46)27-22-41-17-13-28(27)37(38,39)40)34(47)42-19-15-35(48,16-20-42)29-9-5-6-10-30(29)49-24(2)11-12-32(44)45;1-5(7)3-4-6(8)9-2;1-4-2-3-5(6)7-4;/h5-6,9-10,13,17,21-24,31,48H,4,7-8,11-12,14-16,18-20H2,1-3H3,(H,44,45);5H,3-4H2,1-2H3;4H,2-3H2,1H3;1H4/t24?,31-,36+;;;/m1.../s1. The maximum absolute atomic E-state index is 14.9. The number of carbonyl (C=O) groups is 5. The number of cyclic esters (lactones) is 1. The zero-order chi connectivity index (χ0) is 49.5. The van der Waals surface area contributed by atoms with Gasteiger partial charge in [-0.3, -0.25) is 29.0 Å². The van der Waals surface area contributed by atoms with E-state index < -0.39 is 58.4 Å². The van der Waals surface area contributed by atoms with Crippen LogP contribution in [0.5, 0.6) is 11.5 Å². The van der Waals surface area contributed by atoms with Crippen molar-refractivity contribution in [2.75, 3.05) is 26.7 Å². The van der Waals surface area contributed by atoms with E-state index in [1.807, 2.05) is 27.7 Å². The first-order valence-corrected chi connectivity index (χ1v) is 24.4. The molecule has 3 unspecified atom stereocenters. The molecule has 19 heteroatoms. The zero-order valence-corrected chi connectivity index (χ0v) is 41.3. The number of alkyl halides is 4. The van der Waals surface area contributed by atoms with Crippen LogP contribution in [0, 0.1) is 6.92 Å². The number of hydrogen-bond acceptors (Lipinski definition) is 12. The number of piperidine rings is 2. The molecule has 6 rings (SSSR count). The number of carboxylic acid groups (broad SMARTS) is 1. The topological polar surface area (TPSA) is 182 Å². The van der Waals surface area contributed by atoms with E-state index in [9.17, 15) is 42.3 Å². The van der Waals surface area contributed by atoms with Crippen LogP contribution in [0.2, 0.25) is 0 Å². The van der Waals surface area contributed by atoms with E-state index >= 15 is 0 Å². The number of nitrogens with zero attached hydrogens (tertiary/aromatic N) is 3. The van der Waals surface area contributed by atoms with Gasteiger partial charge in [-0.25, -0.2) is 0 Å². The summed E-state index contributed by atoms with van der Waals surface area (Å²) in [5.41, 5.74) is -4.10. The summed E-state index contributed by atoms with van der Waals surface area (Å²) >= 11 is 4.76. The van der Waals surface area contributed by atoms with Crippen molar-refractivity contribution in [2.24, 2.45) is 0 Å². The van der Waals surface area contributed by atoms with Crippen molar-refractivity contribution in [3.05, 3.63) is 75.7 Å². The van der Waals surface area contributed by atoms with Gasteiger partial charge in [-0.15, -0.1) is 11.3 Å². The number of amides is 2. The van der Waals surface area contributed by atoms with Gasteiger partial charge in [0.15, 0.2) is 0 Å². The molecular formula is C49H67BrF3N3O11S. The van der Waals surface area contributed by atoms with Crippen molar-refractivity contribution in [1.29, 1.82) is 0 Å². The lowest BCUT2D eigenvalue weighted by atomic mass is 9.78. The summed E-state index contributed by atoms with van der Waals surface area (Å²) in [6, 6.07) is 8.73. The monoisotopic (exact) mass is 1040 g/mol. The lowest BCUT2D eigenvalue weighted by Gasteiger charge is -2.51. The number of rotatable bonds is 15. The largest absolute Gasteiger partial charge is 0.490 e. The third kappa shape index (κ3) is 15.9. The van der Waals surface area contributed by atoms with Crippen LogP contribution in [0.25, 0.3) is 0 Å². The molecule has 2 amide bonds. The summed E-state index contributed by atoms with van der Waals surface area (Å²) in [6.45, 7) is 9.87. The third-order valence-electron chi connectivity index (χ3n) is 11.8. The van der Waals surface area contributed by atoms with Crippen LogP contribution in [0.3, 0.4) is 0 Å². The van der Waals surface area contributed by atoms with E-state index in [2.05, 4.69) is 25.7 Å². The maximum Gasteiger partial charge on any atom is 0.417 e. The minimum absolute atomic E-state index is 0. The molecule has 3 fully saturated rings. The highest BCUT2D eigenvalue weighted by atomic mass is 79.9. The number of hydrogen-bond donors (Lipinski definition) is 2. The fraction of sp³-hybridized carbons (Fsp3) is 0.592. The lowest BCUT2D eigenvalue weighted by molar-refractivity contribution is -0.163. The molecule has 68 heavy (non-hydrogen) atoms. The van der Waals surface area contributed by atoms with E-state index in [1.165, 1.54) is 23.3 Å². The molecule has 0 radical (unpaired) electrons. The highest BCUT2D eigenvalue weighted by Gasteiger charge is 2.56. The molecule has 5 heterocycles. The van der Waals surface area contributed by atoms with Gasteiger partial charge in [-0.1, -0.05) is 61.8 Å². The summed E-state index contributed by atoms with van der Waals surface area (Å²) in [7, 11) is 1.40. The number of likely N-dealkylation sites (tertiary alicyclic amines) is 2. The summed E-state index contributed by atoms with van der Waals surface area (Å²) in [4.78, 5) is 68.9. The Morgan fingerprint density at radius 1 is 1.06 bits per heavy atom. The number of aromatic nitrogens is 1. The molecule has 14 nitrogen and oxygen atoms in total. The Balaban J connectivity index is 0.000000610. The van der Waals surface area contributed by atoms with Crippen molar-refractivity contribution in [3.8, 4) is 11.5 Å². The molecule has 5 atom stereocenters. The van der Waals surface area contributed by atoms with Crippen LogP contribution >= 0.6 is 27.3 Å². The van der Waals surface area contributed by atoms with Gasteiger partial charge in [-0.05, 0) is 83.9 Å². The molecule has 2 aromatic heterocycles. The van der Waals surface area contributed by atoms with E-state index in [4.69, 9.17) is 19.3 Å². The second kappa shape index (κ2) is 26.3. The van der Waals surface area contributed by atoms with Gasteiger partial charge < -0.3 is 39.0 Å². The summed E-state index contributed by atoms with van der Waals surface area (Å²) < 4.78 is 64.0. The second-order valence-electron chi connectivity index (χ2n) is 17.1.